The second kappa shape index (κ2) is 4.75. The van der Waals surface area contributed by atoms with E-state index in [9.17, 15) is 5.11 Å². The maximum atomic E-state index is 10.3. The molecule has 2 N–H and O–H groups in total. The monoisotopic (exact) mass is 256 g/mol. The SMILES string of the molecule is CN(C)CC(C)(O)CNC1C2CCOC2C1(C)C. The fourth-order valence-corrected chi connectivity index (χ4v) is 3.81. The van der Waals surface area contributed by atoms with E-state index >= 15 is 0 Å². The molecule has 1 aliphatic heterocycles. The predicted molar refractivity (Wildman–Crippen MR) is 72.6 cm³/mol. The minimum absolute atomic E-state index is 0.190. The van der Waals surface area contributed by atoms with Crippen LogP contribution in [-0.4, -0.2) is 61.5 Å². The Labute approximate surface area is 111 Å². The highest BCUT2D eigenvalue weighted by molar-refractivity contribution is 5.11. The molecule has 2 fully saturated rings. The Morgan fingerprint density at radius 2 is 2.11 bits per heavy atom. The Hall–Kier alpha value is -0.160. The molecule has 1 saturated heterocycles. The molecule has 2 rings (SSSR count). The number of ether oxygens (including phenoxy) is 1. The van der Waals surface area contributed by atoms with Crippen molar-refractivity contribution in [1.29, 1.82) is 0 Å². The van der Waals surface area contributed by atoms with E-state index in [0.29, 0.717) is 31.2 Å². The molecule has 4 atom stereocenters. The van der Waals surface area contributed by atoms with Crippen molar-refractivity contribution >= 4 is 0 Å². The zero-order valence-electron chi connectivity index (χ0n) is 12.4. The van der Waals surface area contributed by atoms with Gasteiger partial charge < -0.3 is 20.1 Å². The van der Waals surface area contributed by atoms with Crippen molar-refractivity contribution in [3.05, 3.63) is 0 Å². The highest BCUT2D eigenvalue weighted by Gasteiger charge is 2.59. The van der Waals surface area contributed by atoms with Gasteiger partial charge in [0.15, 0.2) is 0 Å². The van der Waals surface area contributed by atoms with E-state index in [4.69, 9.17) is 4.74 Å². The quantitative estimate of drug-likeness (QED) is 0.760. The van der Waals surface area contributed by atoms with Gasteiger partial charge in [-0.2, -0.15) is 0 Å². The van der Waals surface area contributed by atoms with Crippen LogP contribution < -0.4 is 5.32 Å². The summed E-state index contributed by atoms with van der Waals surface area (Å²) in [6, 6.07) is 0.471. The Kier molecular flexibility index (Phi) is 3.76. The molecule has 0 spiro atoms. The van der Waals surface area contributed by atoms with E-state index in [2.05, 4.69) is 19.2 Å². The van der Waals surface area contributed by atoms with Crippen LogP contribution in [-0.2, 0) is 4.74 Å². The molecule has 0 bridgehead atoms. The lowest BCUT2D eigenvalue weighted by molar-refractivity contribution is -0.117. The van der Waals surface area contributed by atoms with Gasteiger partial charge in [-0.1, -0.05) is 13.8 Å². The van der Waals surface area contributed by atoms with Crippen molar-refractivity contribution in [2.24, 2.45) is 11.3 Å². The smallest absolute Gasteiger partial charge is 0.0869 e. The van der Waals surface area contributed by atoms with E-state index in [1.54, 1.807) is 0 Å². The van der Waals surface area contributed by atoms with Gasteiger partial charge in [-0.05, 0) is 27.4 Å². The molecule has 1 aliphatic carbocycles. The summed E-state index contributed by atoms with van der Waals surface area (Å²) in [5, 5.41) is 13.9. The van der Waals surface area contributed by atoms with Crippen molar-refractivity contribution < 1.29 is 9.84 Å². The molecule has 106 valence electrons. The first kappa shape index (κ1) is 14.3. The van der Waals surface area contributed by atoms with Crippen molar-refractivity contribution in [3.8, 4) is 0 Å². The molecule has 4 nitrogen and oxygen atoms in total. The van der Waals surface area contributed by atoms with Crippen LogP contribution in [0.15, 0.2) is 0 Å². The summed E-state index contributed by atoms with van der Waals surface area (Å²) in [6.45, 7) is 8.63. The van der Waals surface area contributed by atoms with E-state index in [-0.39, 0.29) is 5.41 Å². The van der Waals surface area contributed by atoms with Crippen LogP contribution in [0.4, 0.5) is 0 Å². The van der Waals surface area contributed by atoms with E-state index in [1.165, 1.54) is 0 Å². The molecular formula is C14H28N2O2. The van der Waals surface area contributed by atoms with Crippen molar-refractivity contribution in [3.63, 3.8) is 0 Å². The van der Waals surface area contributed by atoms with Gasteiger partial charge in [-0.25, -0.2) is 0 Å². The number of fused-ring (bicyclic) bond motifs is 1. The second-order valence-electron chi connectivity index (χ2n) is 7.16. The lowest BCUT2D eigenvalue weighted by atomic mass is 9.57. The van der Waals surface area contributed by atoms with Crippen LogP contribution in [0.1, 0.15) is 27.2 Å². The summed E-state index contributed by atoms with van der Waals surface area (Å²) in [4.78, 5) is 2.02. The van der Waals surface area contributed by atoms with Crippen molar-refractivity contribution in [2.45, 2.75) is 44.9 Å². The topological polar surface area (TPSA) is 44.7 Å². The Morgan fingerprint density at radius 1 is 1.44 bits per heavy atom. The molecule has 1 saturated carbocycles. The maximum absolute atomic E-state index is 10.3. The highest BCUT2D eigenvalue weighted by Crippen LogP contribution is 2.52. The number of likely N-dealkylation sites (N-methyl/N-ethyl adjacent to an activating group) is 1. The minimum Gasteiger partial charge on any atom is -0.388 e. The maximum Gasteiger partial charge on any atom is 0.0869 e. The van der Waals surface area contributed by atoms with E-state index in [0.717, 1.165) is 13.0 Å². The van der Waals surface area contributed by atoms with Crippen LogP contribution in [0.2, 0.25) is 0 Å². The Morgan fingerprint density at radius 3 is 2.72 bits per heavy atom. The molecule has 4 unspecified atom stereocenters. The zero-order chi connectivity index (χ0) is 13.6. The normalized spacial score (nSPS) is 37.2. The second-order valence-corrected chi connectivity index (χ2v) is 7.16. The van der Waals surface area contributed by atoms with Gasteiger partial charge in [-0.3, -0.25) is 0 Å². The summed E-state index contributed by atoms with van der Waals surface area (Å²) >= 11 is 0. The minimum atomic E-state index is -0.676. The number of nitrogens with one attached hydrogen (secondary N) is 1. The first-order valence-corrected chi connectivity index (χ1v) is 6.96. The fourth-order valence-electron chi connectivity index (χ4n) is 3.81. The molecule has 18 heavy (non-hydrogen) atoms. The van der Waals surface area contributed by atoms with Gasteiger partial charge >= 0.3 is 0 Å². The van der Waals surface area contributed by atoms with Crippen LogP contribution in [0.25, 0.3) is 0 Å². The predicted octanol–water partition coefficient (Wildman–Crippen LogP) is 0.702. The Balaban J connectivity index is 1.87. The largest absolute Gasteiger partial charge is 0.388 e. The van der Waals surface area contributed by atoms with Crippen LogP contribution >= 0.6 is 0 Å². The van der Waals surface area contributed by atoms with Crippen LogP contribution in [0.3, 0.4) is 0 Å². The first-order chi connectivity index (χ1) is 8.24. The van der Waals surface area contributed by atoms with Crippen molar-refractivity contribution in [1.82, 2.24) is 10.2 Å². The lowest BCUT2D eigenvalue weighted by Gasteiger charge is -2.55. The summed E-state index contributed by atoms with van der Waals surface area (Å²) in [7, 11) is 3.98. The standard InChI is InChI=1S/C14H28N2O2/c1-13(2)11(10-6-7-18-12(10)13)15-8-14(3,17)9-16(4)5/h10-12,15,17H,6-9H2,1-5H3. The average Bonchev–Trinajstić information content (AvgIpc) is 2.61. The molecule has 0 aromatic rings. The molecule has 0 aromatic carbocycles. The number of hydrogen-bond acceptors (Lipinski definition) is 4. The van der Waals surface area contributed by atoms with E-state index in [1.807, 2.05) is 25.9 Å². The van der Waals surface area contributed by atoms with Gasteiger partial charge in [0.25, 0.3) is 0 Å². The average molecular weight is 256 g/mol. The fraction of sp³-hybridized carbons (Fsp3) is 1.00. The molecule has 0 radical (unpaired) electrons. The number of nitrogens with zero attached hydrogens (tertiary/aromatic N) is 1. The first-order valence-electron chi connectivity index (χ1n) is 6.96. The summed E-state index contributed by atoms with van der Waals surface area (Å²) < 4.78 is 5.78. The molecule has 0 aromatic heterocycles. The van der Waals surface area contributed by atoms with Gasteiger partial charge in [-0.15, -0.1) is 0 Å². The van der Waals surface area contributed by atoms with Gasteiger partial charge in [0, 0.05) is 37.1 Å². The van der Waals surface area contributed by atoms with Gasteiger partial charge in [0.1, 0.15) is 0 Å². The summed E-state index contributed by atoms with van der Waals surface area (Å²) in [5.41, 5.74) is -0.487. The lowest BCUT2D eigenvalue weighted by Crippen LogP contribution is -2.67. The number of hydrogen-bond donors (Lipinski definition) is 2. The molecular weight excluding hydrogens is 228 g/mol. The highest BCUT2D eigenvalue weighted by atomic mass is 16.5. The van der Waals surface area contributed by atoms with Gasteiger partial charge in [0.05, 0.1) is 11.7 Å². The molecule has 1 heterocycles. The third-order valence-electron chi connectivity index (χ3n) is 4.46. The third-order valence-corrected chi connectivity index (χ3v) is 4.46. The van der Waals surface area contributed by atoms with Crippen LogP contribution in [0.5, 0.6) is 0 Å². The molecule has 4 heteroatoms. The van der Waals surface area contributed by atoms with Crippen LogP contribution in [0, 0.1) is 11.3 Å². The zero-order valence-corrected chi connectivity index (χ0v) is 12.4. The molecule has 0 amide bonds. The number of aliphatic hydroxyl groups is 1. The summed E-state index contributed by atoms with van der Waals surface area (Å²) in [6.07, 6.45) is 1.57. The Bertz CT molecular complexity index is 302. The number of rotatable bonds is 5. The molecule has 2 aliphatic rings. The van der Waals surface area contributed by atoms with Crippen molar-refractivity contribution in [2.75, 3.05) is 33.8 Å². The van der Waals surface area contributed by atoms with E-state index < -0.39 is 5.60 Å². The third kappa shape index (κ3) is 2.57. The van der Waals surface area contributed by atoms with Gasteiger partial charge in [0.2, 0.25) is 0 Å². The summed E-state index contributed by atoms with van der Waals surface area (Å²) in [5.74, 6) is 0.634.